The summed E-state index contributed by atoms with van der Waals surface area (Å²) in [6, 6.07) is 8.12. The van der Waals surface area contributed by atoms with Crippen LogP contribution in [0.1, 0.15) is 69.6 Å². The monoisotopic (exact) mass is 341 g/mol. The second-order valence-electron chi connectivity index (χ2n) is 5.91. The van der Waals surface area contributed by atoms with Gasteiger partial charge in [-0.15, -0.1) is 0 Å². The van der Waals surface area contributed by atoms with Crippen molar-refractivity contribution < 1.29 is 19.2 Å². The molecule has 25 heavy (non-hydrogen) atoms. The Balaban J connectivity index is 1.81. The summed E-state index contributed by atoms with van der Waals surface area (Å²) >= 11 is 0. The summed E-state index contributed by atoms with van der Waals surface area (Å²) in [5, 5.41) is 4.78. The Morgan fingerprint density at radius 3 is 2.20 bits per heavy atom. The summed E-state index contributed by atoms with van der Waals surface area (Å²) in [6.07, 6.45) is 1.76. The first kappa shape index (κ1) is 16.9. The summed E-state index contributed by atoms with van der Waals surface area (Å²) in [6.45, 7) is 5.95. The van der Waals surface area contributed by atoms with Crippen LogP contribution in [-0.4, -0.2) is 32.6 Å². The first-order valence-corrected chi connectivity index (χ1v) is 8.24. The highest BCUT2D eigenvalue weighted by atomic mass is 16.7. The Bertz CT molecular complexity index is 817. The van der Waals surface area contributed by atoms with Gasteiger partial charge in [0.2, 0.25) is 0 Å². The van der Waals surface area contributed by atoms with E-state index in [1.807, 2.05) is 20.8 Å². The van der Waals surface area contributed by atoms with E-state index in [1.165, 1.54) is 12.1 Å². The van der Waals surface area contributed by atoms with Crippen LogP contribution in [0.2, 0.25) is 0 Å². The number of hydroxylamine groups is 2. The number of imide groups is 1. The third kappa shape index (κ3) is 2.82. The van der Waals surface area contributed by atoms with Gasteiger partial charge in [0.1, 0.15) is 0 Å². The molecule has 0 aliphatic carbocycles. The van der Waals surface area contributed by atoms with Gasteiger partial charge in [0.15, 0.2) is 5.69 Å². The molecule has 1 aromatic carbocycles. The lowest BCUT2D eigenvalue weighted by Gasteiger charge is -2.15. The minimum Gasteiger partial charge on any atom is -0.322 e. The Labute approximate surface area is 145 Å². The smallest absolute Gasteiger partial charge is 0.322 e. The van der Waals surface area contributed by atoms with Crippen molar-refractivity contribution in [2.24, 2.45) is 0 Å². The number of benzene rings is 1. The van der Waals surface area contributed by atoms with Crippen molar-refractivity contribution in [2.75, 3.05) is 0 Å². The summed E-state index contributed by atoms with van der Waals surface area (Å²) < 4.78 is 1.78. The fraction of sp³-hybridized carbons (Fsp3) is 0.333. The number of aryl methyl sites for hydroxylation is 1. The molecule has 0 fully saturated rings. The zero-order valence-corrected chi connectivity index (χ0v) is 14.4. The van der Waals surface area contributed by atoms with Gasteiger partial charge in [0.05, 0.1) is 17.2 Å². The molecule has 0 unspecified atom stereocenters. The van der Waals surface area contributed by atoms with Gasteiger partial charge in [-0.3, -0.25) is 14.3 Å². The minimum absolute atomic E-state index is 0.0703. The molecule has 2 amide bonds. The number of carbonyl (C=O) groups excluding carboxylic acids is 3. The van der Waals surface area contributed by atoms with Crippen molar-refractivity contribution in [2.45, 2.75) is 39.7 Å². The molecule has 3 rings (SSSR count). The Morgan fingerprint density at radius 1 is 1.12 bits per heavy atom. The van der Waals surface area contributed by atoms with E-state index in [0.717, 1.165) is 18.5 Å². The zero-order valence-electron chi connectivity index (χ0n) is 14.4. The van der Waals surface area contributed by atoms with Crippen LogP contribution in [0.15, 0.2) is 30.3 Å². The molecule has 0 spiro atoms. The van der Waals surface area contributed by atoms with E-state index in [9.17, 15) is 14.4 Å². The molecule has 0 bridgehead atoms. The van der Waals surface area contributed by atoms with Crippen molar-refractivity contribution >= 4 is 17.8 Å². The molecular weight excluding hydrogens is 322 g/mol. The van der Waals surface area contributed by atoms with Gasteiger partial charge in [-0.25, -0.2) is 4.79 Å². The lowest BCUT2D eigenvalue weighted by molar-refractivity contribution is -0.0589. The summed E-state index contributed by atoms with van der Waals surface area (Å²) in [5.74, 6) is -2.13. The topological polar surface area (TPSA) is 81.5 Å². The van der Waals surface area contributed by atoms with Gasteiger partial charge >= 0.3 is 5.97 Å². The number of hydrogen-bond acceptors (Lipinski definition) is 5. The number of hydrogen-bond donors (Lipinski definition) is 0. The van der Waals surface area contributed by atoms with Crippen LogP contribution in [0.25, 0.3) is 0 Å². The fourth-order valence-electron chi connectivity index (χ4n) is 2.97. The Kier molecular flexibility index (Phi) is 4.39. The quantitative estimate of drug-likeness (QED) is 0.781. The van der Waals surface area contributed by atoms with Crippen LogP contribution in [0.4, 0.5) is 0 Å². The van der Waals surface area contributed by atoms with Crippen molar-refractivity contribution in [3.63, 3.8) is 0 Å². The van der Waals surface area contributed by atoms with E-state index in [0.29, 0.717) is 5.06 Å². The van der Waals surface area contributed by atoms with E-state index in [1.54, 1.807) is 22.9 Å². The molecule has 0 saturated heterocycles. The lowest BCUT2D eigenvalue weighted by Crippen LogP contribution is -2.32. The van der Waals surface area contributed by atoms with Crippen LogP contribution < -0.4 is 0 Å². The highest BCUT2D eigenvalue weighted by Gasteiger charge is 2.39. The van der Waals surface area contributed by atoms with Crippen molar-refractivity contribution in [3.05, 3.63) is 52.8 Å². The zero-order chi connectivity index (χ0) is 18.1. The van der Waals surface area contributed by atoms with Gasteiger partial charge in [0.25, 0.3) is 11.8 Å². The first-order chi connectivity index (χ1) is 12.0. The predicted molar refractivity (Wildman–Crippen MR) is 88.9 cm³/mol. The first-order valence-electron chi connectivity index (χ1n) is 8.24. The molecule has 7 nitrogen and oxygen atoms in total. The molecule has 130 valence electrons. The third-order valence-electron chi connectivity index (χ3n) is 4.35. The van der Waals surface area contributed by atoms with E-state index < -0.39 is 17.8 Å². The SMILES string of the molecule is CCC(CC)n1nc(C(=O)ON2C(=O)c3ccccc3C2=O)cc1C. The molecule has 2 heterocycles. The molecule has 1 aromatic heterocycles. The average Bonchev–Trinajstić information content (AvgIpc) is 3.11. The number of nitrogens with zero attached hydrogens (tertiary/aromatic N) is 3. The highest BCUT2D eigenvalue weighted by Crippen LogP contribution is 2.24. The number of carbonyl (C=O) groups is 3. The fourth-order valence-corrected chi connectivity index (χ4v) is 2.97. The maximum absolute atomic E-state index is 12.4. The molecule has 1 aliphatic rings. The van der Waals surface area contributed by atoms with Crippen molar-refractivity contribution in [3.8, 4) is 0 Å². The predicted octanol–water partition coefficient (Wildman–Crippen LogP) is 2.92. The van der Waals surface area contributed by atoms with Crippen molar-refractivity contribution in [1.29, 1.82) is 0 Å². The van der Waals surface area contributed by atoms with Crippen LogP contribution >= 0.6 is 0 Å². The van der Waals surface area contributed by atoms with Crippen LogP contribution in [0, 0.1) is 6.92 Å². The maximum atomic E-state index is 12.4. The van der Waals surface area contributed by atoms with Gasteiger partial charge in [-0.1, -0.05) is 31.0 Å². The Morgan fingerprint density at radius 2 is 1.68 bits per heavy atom. The summed E-state index contributed by atoms with van der Waals surface area (Å²) in [5.41, 5.74) is 1.34. The second kappa shape index (κ2) is 6.51. The molecule has 1 aliphatic heterocycles. The van der Waals surface area contributed by atoms with Gasteiger partial charge < -0.3 is 4.84 Å². The lowest BCUT2D eigenvalue weighted by atomic mass is 10.1. The van der Waals surface area contributed by atoms with E-state index in [2.05, 4.69) is 5.10 Å². The van der Waals surface area contributed by atoms with Crippen molar-refractivity contribution in [1.82, 2.24) is 14.8 Å². The van der Waals surface area contributed by atoms with Crippen LogP contribution in [0.3, 0.4) is 0 Å². The van der Waals surface area contributed by atoms with Gasteiger partial charge in [0, 0.05) is 5.69 Å². The van der Waals surface area contributed by atoms with Gasteiger partial charge in [-0.05, 0) is 38.0 Å². The second-order valence-corrected chi connectivity index (χ2v) is 5.91. The maximum Gasteiger partial charge on any atom is 0.384 e. The van der Waals surface area contributed by atoms with E-state index in [4.69, 9.17) is 4.84 Å². The van der Waals surface area contributed by atoms with E-state index in [-0.39, 0.29) is 22.9 Å². The molecule has 0 atom stereocenters. The number of fused-ring (bicyclic) bond motifs is 1. The summed E-state index contributed by atoms with van der Waals surface area (Å²) in [4.78, 5) is 41.9. The summed E-state index contributed by atoms with van der Waals surface area (Å²) in [7, 11) is 0. The number of rotatable bonds is 5. The normalized spacial score (nSPS) is 13.5. The number of aromatic nitrogens is 2. The third-order valence-corrected chi connectivity index (χ3v) is 4.35. The highest BCUT2D eigenvalue weighted by molar-refractivity contribution is 6.21. The largest absolute Gasteiger partial charge is 0.384 e. The minimum atomic E-state index is -0.831. The molecular formula is C18H19N3O4. The average molecular weight is 341 g/mol. The molecule has 0 N–H and O–H groups in total. The standard InChI is InChI=1S/C18H19N3O4/c1-4-12(5-2)20-11(3)10-15(19-20)18(24)25-21-16(22)13-8-6-7-9-14(13)17(21)23/h6-10,12H,4-5H2,1-3H3. The van der Waals surface area contributed by atoms with Crippen LogP contribution in [0.5, 0.6) is 0 Å². The Hall–Kier alpha value is -2.96. The number of amides is 2. The molecule has 7 heteroatoms. The molecule has 2 aromatic rings. The van der Waals surface area contributed by atoms with E-state index >= 15 is 0 Å². The van der Waals surface area contributed by atoms with Crippen LogP contribution in [-0.2, 0) is 4.84 Å². The molecule has 0 saturated carbocycles. The van der Waals surface area contributed by atoms with Gasteiger partial charge in [-0.2, -0.15) is 5.10 Å². The molecule has 0 radical (unpaired) electrons.